The van der Waals surface area contributed by atoms with Crippen LogP contribution in [0.4, 0.5) is 0 Å². The molecule has 236 valence electrons. The van der Waals surface area contributed by atoms with E-state index >= 15 is 0 Å². The lowest BCUT2D eigenvalue weighted by atomic mass is 10.0. The highest BCUT2D eigenvalue weighted by molar-refractivity contribution is 6.30. The normalized spacial score (nSPS) is 12.4. The van der Waals surface area contributed by atoms with Crippen LogP contribution in [0.1, 0.15) is 56.8 Å². The van der Waals surface area contributed by atoms with Crippen LogP contribution in [0.2, 0.25) is 5.02 Å². The van der Waals surface area contributed by atoms with Crippen molar-refractivity contribution in [3.8, 4) is 5.75 Å². The van der Waals surface area contributed by atoms with Gasteiger partial charge in [0.1, 0.15) is 5.75 Å². The van der Waals surface area contributed by atoms with Crippen molar-refractivity contribution in [2.45, 2.75) is 51.5 Å². The molecule has 8 nitrogen and oxygen atoms in total. The molecule has 4 aromatic carbocycles. The molecule has 0 spiro atoms. The van der Waals surface area contributed by atoms with Gasteiger partial charge in [0.15, 0.2) is 0 Å². The number of amides is 2. The number of carbonyl (C=O) groups excluding carboxylic acids is 2. The summed E-state index contributed by atoms with van der Waals surface area (Å²) in [7, 11) is 0. The Balaban J connectivity index is 1.18. The third kappa shape index (κ3) is 10.7. The first-order valence-electron chi connectivity index (χ1n) is 15.0. The standard InChI is InChI=1S/C36H40ClN3O5/c1-24(39-22-34(43)30-11-14-33(42)31(20-30)23-41)17-27-3-2-4-28(18-27)19-35(44)40-21-26-5-9-29(10-6-26)36(45)38-16-15-25-7-12-32(37)13-8-25/h2-14,18,20,24,34,39,41-43H,15-17,19,21-23H2,1H3,(H,38,45)(H,40,44)/t24?,34-/m0/s1. The molecule has 6 N–H and O–H groups in total. The molecule has 9 heteroatoms. The van der Waals surface area contributed by atoms with Crippen molar-refractivity contribution in [2.75, 3.05) is 13.1 Å². The summed E-state index contributed by atoms with van der Waals surface area (Å²) in [5, 5.41) is 39.5. The Morgan fingerprint density at radius 1 is 0.844 bits per heavy atom. The molecule has 4 aromatic rings. The van der Waals surface area contributed by atoms with Crippen molar-refractivity contribution in [3.05, 3.63) is 135 Å². The SMILES string of the molecule is CC(Cc1cccc(CC(=O)NCc2ccc(C(=O)NCCc3ccc(Cl)cc3)cc2)c1)NC[C@H](O)c1ccc(O)c(CO)c1. The number of nitrogens with one attached hydrogen (secondary N) is 3. The van der Waals surface area contributed by atoms with Crippen LogP contribution >= 0.6 is 11.6 Å². The number of aliphatic hydroxyl groups excluding tert-OH is 2. The van der Waals surface area contributed by atoms with Crippen LogP contribution in [0.15, 0.2) is 91.0 Å². The molecule has 0 fully saturated rings. The number of phenols is 1. The lowest BCUT2D eigenvalue weighted by molar-refractivity contribution is -0.120. The van der Waals surface area contributed by atoms with Crippen molar-refractivity contribution in [1.29, 1.82) is 0 Å². The summed E-state index contributed by atoms with van der Waals surface area (Å²) in [6, 6.07) is 27.4. The highest BCUT2D eigenvalue weighted by Gasteiger charge is 2.13. The maximum Gasteiger partial charge on any atom is 0.251 e. The van der Waals surface area contributed by atoms with Crippen molar-refractivity contribution < 1.29 is 24.9 Å². The van der Waals surface area contributed by atoms with Gasteiger partial charge in [0.05, 0.1) is 19.1 Å². The van der Waals surface area contributed by atoms with Gasteiger partial charge in [-0.25, -0.2) is 0 Å². The molecule has 0 aliphatic rings. The maximum atomic E-state index is 12.7. The number of aromatic hydroxyl groups is 1. The van der Waals surface area contributed by atoms with E-state index < -0.39 is 6.10 Å². The van der Waals surface area contributed by atoms with E-state index in [1.807, 2.05) is 67.6 Å². The summed E-state index contributed by atoms with van der Waals surface area (Å²) < 4.78 is 0. The highest BCUT2D eigenvalue weighted by Crippen LogP contribution is 2.22. The predicted molar refractivity (Wildman–Crippen MR) is 176 cm³/mol. The molecular weight excluding hydrogens is 590 g/mol. The quantitative estimate of drug-likeness (QED) is 0.114. The Kier molecular flexibility index (Phi) is 12.5. The fourth-order valence-electron chi connectivity index (χ4n) is 4.96. The lowest BCUT2D eigenvalue weighted by Crippen LogP contribution is -2.32. The highest BCUT2D eigenvalue weighted by atomic mass is 35.5. The van der Waals surface area contributed by atoms with Gasteiger partial charge in [0.25, 0.3) is 5.91 Å². The van der Waals surface area contributed by atoms with Crippen LogP contribution in [0, 0.1) is 0 Å². The molecule has 4 rings (SSSR count). The Labute approximate surface area is 269 Å². The number of rotatable bonds is 15. The first kappa shape index (κ1) is 33.7. The van der Waals surface area contributed by atoms with Gasteiger partial charge in [-0.05, 0) is 84.0 Å². The average molecular weight is 630 g/mol. The second-order valence-electron chi connectivity index (χ2n) is 11.2. The zero-order chi connectivity index (χ0) is 32.2. The summed E-state index contributed by atoms with van der Waals surface area (Å²) in [6.45, 7) is 2.92. The Morgan fingerprint density at radius 2 is 1.56 bits per heavy atom. The van der Waals surface area contributed by atoms with Crippen LogP contribution < -0.4 is 16.0 Å². The van der Waals surface area contributed by atoms with Crippen LogP contribution in [-0.2, 0) is 37.2 Å². The van der Waals surface area contributed by atoms with Gasteiger partial charge in [0.2, 0.25) is 5.91 Å². The Bertz CT molecular complexity index is 1560. The molecule has 0 saturated carbocycles. The number of benzene rings is 4. The fraction of sp³-hybridized carbons (Fsp3) is 0.278. The predicted octanol–water partition coefficient (Wildman–Crippen LogP) is 4.62. The van der Waals surface area contributed by atoms with Gasteiger partial charge in [0, 0.05) is 41.8 Å². The lowest BCUT2D eigenvalue weighted by Gasteiger charge is -2.18. The number of hydrogen-bond acceptors (Lipinski definition) is 6. The van der Waals surface area contributed by atoms with Crippen molar-refractivity contribution in [3.63, 3.8) is 0 Å². The molecule has 2 atom stereocenters. The number of hydrogen-bond donors (Lipinski definition) is 6. The summed E-state index contributed by atoms with van der Waals surface area (Å²) in [4.78, 5) is 25.2. The van der Waals surface area contributed by atoms with E-state index in [0.717, 1.165) is 22.3 Å². The van der Waals surface area contributed by atoms with E-state index in [9.17, 15) is 24.9 Å². The van der Waals surface area contributed by atoms with E-state index in [2.05, 4.69) is 16.0 Å². The van der Waals surface area contributed by atoms with Gasteiger partial charge in [-0.3, -0.25) is 9.59 Å². The number of aliphatic hydroxyl groups is 2. The second kappa shape index (κ2) is 16.7. The van der Waals surface area contributed by atoms with Gasteiger partial charge in [-0.2, -0.15) is 0 Å². The molecule has 45 heavy (non-hydrogen) atoms. The molecule has 0 saturated heterocycles. The van der Waals surface area contributed by atoms with E-state index in [-0.39, 0.29) is 36.6 Å². The van der Waals surface area contributed by atoms with Crippen LogP contribution in [0.25, 0.3) is 0 Å². The molecule has 0 aliphatic heterocycles. The third-order valence-electron chi connectivity index (χ3n) is 7.53. The third-order valence-corrected chi connectivity index (χ3v) is 7.79. The molecule has 0 heterocycles. The molecule has 0 aliphatic carbocycles. The minimum absolute atomic E-state index is 0.000932. The molecule has 2 amide bonds. The van der Waals surface area contributed by atoms with E-state index in [0.29, 0.717) is 54.2 Å². The Hall–Kier alpha value is -4.21. The van der Waals surface area contributed by atoms with E-state index in [1.165, 1.54) is 6.07 Å². The zero-order valence-corrected chi connectivity index (χ0v) is 26.1. The first-order chi connectivity index (χ1) is 21.7. The van der Waals surface area contributed by atoms with Gasteiger partial charge in [-0.15, -0.1) is 0 Å². The topological polar surface area (TPSA) is 131 Å². The maximum absolute atomic E-state index is 12.7. The number of carbonyl (C=O) groups is 2. The van der Waals surface area contributed by atoms with Crippen molar-refractivity contribution >= 4 is 23.4 Å². The van der Waals surface area contributed by atoms with E-state index in [4.69, 9.17) is 11.6 Å². The second-order valence-corrected chi connectivity index (χ2v) is 11.6. The van der Waals surface area contributed by atoms with Crippen molar-refractivity contribution in [1.82, 2.24) is 16.0 Å². The van der Waals surface area contributed by atoms with Gasteiger partial charge >= 0.3 is 0 Å². The molecule has 0 aromatic heterocycles. The van der Waals surface area contributed by atoms with Crippen LogP contribution in [0.5, 0.6) is 5.75 Å². The smallest absolute Gasteiger partial charge is 0.251 e. The summed E-state index contributed by atoms with van der Waals surface area (Å²) >= 11 is 5.91. The van der Waals surface area contributed by atoms with Crippen LogP contribution in [0.3, 0.4) is 0 Å². The van der Waals surface area contributed by atoms with Gasteiger partial charge in [-0.1, -0.05) is 66.2 Å². The molecule has 1 unspecified atom stereocenters. The minimum atomic E-state index is -0.785. The summed E-state index contributed by atoms with van der Waals surface area (Å²) in [6.07, 6.45) is 0.885. The van der Waals surface area contributed by atoms with E-state index in [1.54, 1.807) is 24.3 Å². The monoisotopic (exact) mass is 629 g/mol. The minimum Gasteiger partial charge on any atom is -0.508 e. The Morgan fingerprint density at radius 3 is 2.29 bits per heavy atom. The molecular formula is C36H40ClN3O5. The van der Waals surface area contributed by atoms with Crippen LogP contribution in [-0.4, -0.2) is 46.3 Å². The largest absolute Gasteiger partial charge is 0.508 e. The van der Waals surface area contributed by atoms with Crippen molar-refractivity contribution in [2.24, 2.45) is 0 Å². The zero-order valence-electron chi connectivity index (χ0n) is 25.3. The fourth-order valence-corrected chi connectivity index (χ4v) is 5.08. The first-order valence-corrected chi connectivity index (χ1v) is 15.4. The number of halogens is 1. The molecule has 0 bridgehead atoms. The summed E-state index contributed by atoms with van der Waals surface area (Å²) in [5.41, 5.74) is 5.53. The molecule has 0 radical (unpaired) electrons. The van der Waals surface area contributed by atoms with Gasteiger partial charge < -0.3 is 31.3 Å². The average Bonchev–Trinajstić information content (AvgIpc) is 3.04. The summed E-state index contributed by atoms with van der Waals surface area (Å²) in [5.74, 6) is -0.239.